The smallest absolute Gasteiger partial charge is 0.325 e. The highest BCUT2D eigenvalue weighted by molar-refractivity contribution is 6.31. The zero-order valence-corrected chi connectivity index (χ0v) is 8.28. The van der Waals surface area contributed by atoms with E-state index in [1.165, 1.54) is 12.3 Å². The predicted molar refractivity (Wildman–Crippen MR) is 57.0 cm³/mol. The second-order valence-electron chi connectivity index (χ2n) is 2.98. The molecule has 0 unspecified atom stereocenters. The molecule has 2 aromatic rings. The molecule has 0 atom stereocenters. The van der Waals surface area contributed by atoms with Crippen molar-refractivity contribution in [2.45, 2.75) is 0 Å². The van der Waals surface area contributed by atoms with Crippen LogP contribution in [0.1, 0.15) is 0 Å². The maximum absolute atomic E-state index is 11.7. The molecule has 5 heteroatoms. The van der Waals surface area contributed by atoms with Crippen LogP contribution in [0.5, 0.6) is 0 Å². The molecule has 0 saturated carbocycles. The molecule has 0 aliphatic heterocycles. The van der Waals surface area contributed by atoms with Gasteiger partial charge < -0.3 is 5.73 Å². The first-order valence-corrected chi connectivity index (χ1v) is 4.50. The van der Waals surface area contributed by atoms with Crippen LogP contribution >= 0.6 is 11.6 Å². The number of halogens is 1. The SMILES string of the molecule is NC(=O)n1ccc2c[c]c(Cl)cc2c1=O. The molecular formula is C10H6ClN2O2. The summed E-state index contributed by atoms with van der Waals surface area (Å²) in [5.74, 6) is 0. The van der Waals surface area contributed by atoms with Gasteiger partial charge in [-0.3, -0.25) is 4.79 Å². The van der Waals surface area contributed by atoms with Crippen molar-refractivity contribution in [3.8, 4) is 0 Å². The van der Waals surface area contributed by atoms with Crippen LogP contribution in [-0.2, 0) is 0 Å². The van der Waals surface area contributed by atoms with E-state index in [2.05, 4.69) is 6.07 Å². The van der Waals surface area contributed by atoms with Crippen molar-refractivity contribution in [1.29, 1.82) is 0 Å². The van der Waals surface area contributed by atoms with Gasteiger partial charge in [0.2, 0.25) is 0 Å². The highest BCUT2D eigenvalue weighted by Crippen LogP contribution is 2.14. The van der Waals surface area contributed by atoms with Crippen molar-refractivity contribution in [3.63, 3.8) is 0 Å². The Bertz CT molecular complexity index is 604. The van der Waals surface area contributed by atoms with Crippen molar-refractivity contribution >= 4 is 28.4 Å². The molecule has 1 radical (unpaired) electrons. The van der Waals surface area contributed by atoms with E-state index >= 15 is 0 Å². The molecule has 1 heterocycles. The summed E-state index contributed by atoms with van der Waals surface area (Å²) in [6.07, 6.45) is 1.33. The van der Waals surface area contributed by atoms with Gasteiger partial charge in [-0.2, -0.15) is 0 Å². The number of pyridine rings is 1. The fourth-order valence-electron chi connectivity index (χ4n) is 1.33. The number of benzene rings is 1. The molecule has 0 bridgehead atoms. The number of hydrogen-bond acceptors (Lipinski definition) is 2. The summed E-state index contributed by atoms with van der Waals surface area (Å²) in [5, 5.41) is 1.34. The van der Waals surface area contributed by atoms with Gasteiger partial charge in [-0.15, -0.1) is 0 Å². The van der Waals surface area contributed by atoms with Crippen LogP contribution in [-0.4, -0.2) is 10.6 Å². The van der Waals surface area contributed by atoms with E-state index in [0.717, 1.165) is 4.57 Å². The van der Waals surface area contributed by atoms with Crippen molar-refractivity contribution in [1.82, 2.24) is 4.57 Å². The molecule has 2 rings (SSSR count). The lowest BCUT2D eigenvalue weighted by Gasteiger charge is -2.02. The second kappa shape index (κ2) is 3.40. The molecule has 2 N–H and O–H groups in total. The van der Waals surface area contributed by atoms with E-state index in [1.807, 2.05) is 0 Å². The van der Waals surface area contributed by atoms with Crippen molar-refractivity contribution in [2.24, 2.45) is 5.73 Å². The van der Waals surface area contributed by atoms with Crippen LogP contribution in [0.2, 0.25) is 5.02 Å². The van der Waals surface area contributed by atoms with Crippen LogP contribution in [0.3, 0.4) is 0 Å². The van der Waals surface area contributed by atoms with Gasteiger partial charge in [0.05, 0.1) is 0 Å². The zero-order valence-electron chi connectivity index (χ0n) is 7.53. The highest BCUT2D eigenvalue weighted by Gasteiger charge is 2.06. The topological polar surface area (TPSA) is 65.1 Å². The van der Waals surface area contributed by atoms with Gasteiger partial charge in [-0.1, -0.05) is 11.6 Å². The maximum Gasteiger partial charge on any atom is 0.325 e. The maximum atomic E-state index is 11.7. The first-order chi connectivity index (χ1) is 7.09. The minimum atomic E-state index is -0.814. The van der Waals surface area contributed by atoms with Gasteiger partial charge in [0, 0.05) is 22.7 Å². The fraction of sp³-hybridized carbons (Fsp3) is 0. The summed E-state index contributed by atoms with van der Waals surface area (Å²) in [7, 11) is 0. The monoisotopic (exact) mass is 221 g/mol. The third-order valence-corrected chi connectivity index (χ3v) is 2.26. The minimum absolute atomic E-state index is 0.321. The summed E-state index contributed by atoms with van der Waals surface area (Å²) >= 11 is 5.70. The number of nitrogens with zero attached hydrogens (tertiary/aromatic N) is 1. The molecule has 0 saturated heterocycles. The number of fused-ring (bicyclic) bond motifs is 1. The van der Waals surface area contributed by atoms with Gasteiger partial charge in [0.1, 0.15) is 0 Å². The Morgan fingerprint density at radius 1 is 1.53 bits per heavy atom. The Morgan fingerprint density at radius 3 is 2.93 bits per heavy atom. The molecular weight excluding hydrogens is 216 g/mol. The standard InChI is InChI=1S/C10H6ClN2O2/c11-7-2-1-6-3-4-13(10(12)15)9(14)8(6)5-7/h1,3-5H,(H2,12,15). The largest absolute Gasteiger partial charge is 0.351 e. The van der Waals surface area contributed by atoms with E-state index in [-0.39, 0.29) is 0 Å². The molecule has 0 spiro atoms. The first-order valence-electron chi connectivity index (χ1n) is 4.12. The lowest BCUT2D eigenvalue weighted by molar-refractivity contribution is 0.249. The number of hydrogen-bond donors (Lipinski definition) is 1. The molecule has 0 aliphatic carbocycles. The third kappa shape index (κ3) is 1.59. The normalized spacial score (nSPS) is 10.5. The number of primary amides is 1. The number of carbonyl (C=O) groups excluding carboxylic acids is 1. The molecule has 1 aromatic carbocycles. The number of rotatable bonds is 0. The summed E-state index contributed by atoms with van der Waals surface area (Å²) < 4.78 is 0.832. The van der Waals surface area contributed by atoms with Gasteiger partial charge in [-0.05, 0) is 23.6 Å². The lowest BCUT2D eigenvalue weighted by Crippen LogP contribution is -2.30. The minimum Gasteiger partial charge on any atom is -0.351 e. The second-order valence-corrected chi connectivity index (χ2v) is 3.39. The molecule has 75 valence electrons. The quantitative estimate of drug-likeness (QED) is 0.731. The summed E-state index contributed by atoms with van der Waals surface area (Å²) in [4.78, 5) is 22.6. The Kier molecular flexibility index (Phi) is 2.21. The number of aromatic nitrogens is 1. The molecule has 1 amide bonds. The van der Waals surface area contributed by atoms with E-state index in [9.17, 15) is 9.59 Å². The average molecular weight is 222 g/mol. The molecule has 1 aromatic heterocycles. The van der Waals surface area contributed by atoms with Crippen molar-refractivity contribution < 1.29 is 4.79 Å². The zero-order chi connectivity index (χ0) is 11.0. The van der Waals surface area contributed by atoms with Crippen LogP contribution in [0.15, 0.2) is 29.2 Å². The highest BCUT2D eigenvalue weighted by atomic mass is 35.5. The Hall–Kier alpha value is -1.81. The van der Waals surface area contributed by atoms with Crippen LogP contribution in [0.25, 0.3) is 10.8 Å². The average Bonchev–Trinajstić information content (AvgIpc) is 2.19. The van der Waals surface area contributed by atoms with Crippen LogP contribution in [0, 0.1) is 6.07 Å². The van der Waals surface area contributed by atoms with Gasteiger partial charge in [-0.25, -0.2) is 9.36 Å². The van der Waals surface area contributed by atoms with Crippen LogP contribution in [0.4, 0.5) is 4.79 Å². The summed E-state index contributed by atoms with van der Waals surface area (Å²) in [6.45, 7) is 0. The lowest BCUT2D eigenvalue weighted by atomic mass is 10.2. The van der Waals surface area contributed by atoms with Crippen molar-refractivity contribution in [3.05, 3.63) is 45.8 Å². The Labute approximate surface area is 89.9 Å². The van der Waals surface area contributed by atoms with Crippen molar-refractivity contribution in [2.75, 3.05) is 0 Å². The summed E-state index contributed by atoms with van der Waals surface area (Å²) in [6, 6.07) is 6.59. The van der Waals surface area contributed by atoms with E-state index in [4.69, 9.17) is 17.3 Å². The molecule has 0 aliphatic rings. The Balaban J connectivity index is 2.89. The van der Waals surface area contributed by atoms with E-state index in [1.54, 1.807) is 12.1 Å². The predicted octanol–water partition coefficient (Wildman–Crippen LogP) is 1.38. The molecule has 4 nitrogen and oxygen atoms in total. The van der Waals surface area contributed by atoms with Crippen LogP contribution < -0.4 is 11.3 Å². The van der Waals surface area contributed by atoms with Gasteiger partial charge in [0.15, 0.2) is 0 Å². The third-order valence-electron chi connectivity index (χ3n) is 2.04. The summed E-state index contributed by atoms with van der Waals surface area (Å²) in [5.41, 5.74) is 4.55. The number of amides is 1. The molecule has 15 heavy (non-hydrogen) atoms. The fourth-order valence-corrected chi connectivity index (χ4v) is 1.49. The molecule has 0 fully saturated rings. The van der Waals surface area contributed by atoms with E-state index in [0.29, 0.717) is 15.8 Å². The van der Waals surface area contributed by atoms with Gasteiger partial charge in [0.25, 0.3) is 5.56 Å². The van der Waals surface area contributed by atoms with Gasteiger partial charge >= 0.3 is 6.03 Å². The number of carbonyl (C=O) groups is 1. The Morgan fingerprint density at radius 2 is 2.27 bits per heavy atom. The number of nitrogens with two attached hydrogens (primary N) is 1. The first kappa shape index (κ1) is 9.73. The van der Waals surface area contributed by atoms with E-state index < -0.39 is 11.6 Å².